The van der Waals surface area contributed by atoms with E-state index in [0.29, 0.717) is 26.1 Å². The number of ether oxygens (including phenoxy) is 1. The number of rotatable bonds is 5. The molecule has 2 amide bonds. The van der Waals surface area contributed by atoms with Gasteiger partial charge in [-0.3, -0.25) is 0 Å². The summed E-state index contributed by atoms with van der Waals surface area (Å²) in [5.74, 6) is 1.43. The maximum Gasteiger partial charge on any atom is 0.318 e. The number of nitrogens with one attached hydrogen (secondary N) is 1. The Morgan fingerprint density at radius 1 is 1.11 bits per heavy atom. The summed E-state index contributed by atoms with van der Waals surface area (Å²) in [6, 6.07) is 14.1. The van der Waals surface area contributed by atoms with Crippen LogP contribution in [-0.4, -0.2) is 53.7 Å². The van der Waals surface area contributed by atoms with Crippen molar-refractivity contribution in [1.82, 2.24) is 20.2 Å². The number of aromatic nitrogens is 2. The van der Waals surface area contributed by atoms with Crippen molar-refractivity contribution < 1.29 is 13.9 Å². The Bertz CT molecular complexity index is 1280. The van der Waals surface area contributed by atoms with Crippen molar-refractivity contribution in [1.29, 1.82) is 0 Å². The fraction of sp³-hybridized carbons (Fsp3) is 0.321. The first-order valence-corrected chi connectivity index (χ1v) is 12.2. The van der Waals surface area contributed by atoms with E-state index in [9.17, 15) is 9.18 Å². The van der Waals surface area contributed by atoms with Gasteiger partial charge in [-0.25, -0.2) is 19.2 Å². The van der Waals surface area contributed by atoms with E-state index < -0.39 is 0 Å². The number of halogens is 1. The molecule has 2 heterocycles. The monoisotopic (exact) mass is 487 g/mol. The smallest absolute Gasteiger partial charge is 0.318 e. The lowest BCUT2D eigenvalue weighted by Gasteiger charge is -2.41. The third-order valence-corrected chi connectivity index (χ3v) is 6.98. The quantitative estimate of drug-likeness (QED) is 0.565. The lowest BCUT2D eigenvalue weighted by molar-refractivity contribution is 0.168. The van der Waals surface area contributed by atoms with Gasteiger partial charge in [-0.2, -0.15) is 0 Å². The van der Waals surface area contributed by atoms with Gasteiger partial charge in [0.05, 0.1) is 18.8 Å². The average Bonchev–Trinajstić information content (AvgIpc) is 3.33. The summed E-state index contributed by atoms with van der Waals surface area (Å²) in [6.45, 7) is 5.99. The van der Waals surface area contributed by atoms with Crippen molar-refractivity contribution >= 4 is 23.5 Å². The van der Waals surface area contributed by atoms with Gasteiger partial charge in [0.1, 0.15) is 23.7 Å². The SMILES string of the molecule is COc1ccc([C@H](C)NC(=O)N2CCN(c3ncnc4c3C=C(c3ccc(F)cc3)C4)C[C@H]2C)cc1. The lowest BCUT2D eigenvalue weighted by atomic mass is 10.1. The highest BCUT2D eigenvalue weighted by Gasteiger charge is 2.31. The van der Waals surface area contributed by atoms with Crippen LogP contribution in [0, 0.1) is 5.82 Å². The van der Waals surface area contributed by atoms with Crippen LogP contribution < -0.4 is 15.0 Å². The minimum Gasteiger partial charge on any atom is -0.497 e. The molecule has 0 bridgehead atoms. The van der Waals surface area contributed by atoms with E-state index in [1.54, 1.807) is 25.6 Å². The summed E-state index contributed by atoms with van der Waals surface area (Å²) < 4.78 is 18.6. The molecular weight excluding hydrogens is 457 g/mol. The molecule has 2 atom stereocenters. The molecule has 0 spiro atoms. The summed E-state index contributed by atoms with van der Waals surface area (Å²) >= 11 is 0. The molecule has 8 heteroatoms. The van der Waals surface area contributed by atoms with Crippen molar-refractivity contribution in [3.63, 3.8) is 0 Å². The zero-order chi connectivity index (χ0) is 25.2. The minimum absolute atomic E-state index is 0.00869. The number of piperazine rings is 1. The van der Waals surface area contributed by atoms with Crippen molar-refractivity contribution in [3.8, 4) is 5.75 Å². The zero-order valence-electron chi connectivity index (χ0n) is 20.7. The second kappa shape index (κ2) is 9.97. The van der Waals surface area contributed by atoms with Crippen molar-refractivity contribution in [2.45, 2.75) is 32.4 Å². The molecule has 1 fully saturated rings. The van der Waals surface area contributed by atoms with Crippen molar-refractivity contribution in [2.24, 2.45) is 0 Å². The van der Waals surface area contributed by atoms with E-state index in [-0.39, 0.29) is 23.9 Å². The summed E-state index contributed by atoms with van der Waals surface area (Å²) in [5, 5.41) is 3.12. The van der Waals surface area contributed by atoms with Gasteiger partial charge in [0.25, 0.3) is 0 Å². The number of benzene rings is 2. The molecule has 1 N–H and O–H groups in total. The van der Waals surface area contributed by atoms with Gasteiger partial charge in [-0.15, -0.1) is 0 Å². The molecule has 186 valence electrons. The lowest BCUT2D eigenvalue weighted by Crippen LogP contribution is -2.57. The molecule has 36 heavy (non-hydrogen) atoms. The number of amides is 2. The number of carbonyl (C=O) groups excluding carboxylic acids is 1. The van der Waals surface area contributed by atoms with Gasteiger partial charge < -0.3 is 19.9 Å². The van der Waals surface area contributed by atoms with Gasteiger partial charge in [-0.05, 0) is 60.9 Å². The number of hydrogen-bond acceptors (Lipinski definition) is 5. The molecule has 1 aliphatic heterocycles. The summed E-state index contributed by atoms with van der Waals surface area (Å²) in [7, 11) is 1.64. The van der Waals surface area contributed by atoms with Crippen LogP contribution in [0.4, 0.5) is 15.0 Å². The molecule has 0 radical (unpaired) electrons. The van der Waals surface area contributed by atoms with Crippen LogP contribution in [0.2, 0.25) is 0 Å². The number of hydrogen-bond donors (Lipinski definition) is 1. The highest BCUT2D eigenvalue weighted by molar-refractivity contribution is 5.91. The maximum absolute atomic E-state index is 13.4. The topological polar surface area (TPSA) is 70.6 Å². The van der Waals surface area contributed by atoms with Crippen molar-refractivity contribution in [3.05, 3.63) is 83.1 Å². The molecule has 1 saturated heterocycles. The van der Waals surface area contributed by atoms with Crippen LogP contribution in [-0.2, 0) is 6.42 Å². The van der Waals surface area contributed by atoms with Gasteiger partial charge >= 0.3 is 6.03 Å². The second-order valence-electron chi connectivity index (χ2n) is 9.34. The number of anilines is 1. The Balaban J connectivity index is 1.26. The van der Waals surface area contributed by atoms with E-state index in [2.05, 4.69) is 33.2 Å². The van der Waals surface area contributed by atoms with Gasteiger partial charge in [0.15, 0.2) is 0 Å². The number of urea groups is 1. The number of methoxy groups -OCH3 is 1. The summed E-state index contributed by atoms with van der Waals surface area (Å²) in [4.78, 5) is 26.3. The van der Waals surface area contributed by atoms with E-state index >= 15 is 0 Å². The Hall–Kier alpha value is -3.94. The number of allylic oxidation sites excluding steroid dienone is 1. The Labute approximate surface area is 210 Å². The summed E-state index contributed by atoms with van der Waals surface area (Å²) in [5.41, 5.74) is 5.10. The average molecular weight is 488 g/mol. The first-order chi connectivity index (χ1) is 17.4. The predicted molar refractivity (Wildman–Crippen MR) is 138 cm³/mol. The fourth-order valence-corrected chi connectivity index (χ4v) is 4.91. The Kier molecular flexibility index (Phi) is 6.59. The fourth-order valence-electron chi connectivity index (χ4n) is 4.91. The summed E-state index contributed by atoms with van der Waals surface area (Å²) in [6.07, 6.45) is 4.41. The minimum atomic E-state index is -0.246. The van der Waals surface area contributed by atoms with E-state index in [1.807, 2.05) is 36.1 Å². The molecule has 5 rings (SSSR count). The van der Waals surface area contributed by atoms with Gasteiger partial charge in [0, 0.05) is 37.7 Å². The molecule has 2 aromatic carbocycles. The first kappa shape index (κ1) is 23.8. The highest BCUT2D eigenvalue weighted by Crippen LogP contribution is 2.35. The van der Waals surface area contributed by atoms with E-state index in [0.717, 1.165) is 39.5 Å². The van der Waals surface area contributed by atoms with Gasteiger partial charge in [0.2, 0.25) is 0 Å². The van der Waals surface area contributed by atoms with E-state index in [1.165, 1.54) is 12.1 Å². The number of carbonyl (C=O) groups is 1. The highest BCUT2D eigenvalue weighted by atomic mass is 19.1. The van der Waals surface area contributed by atoms with Crippen LogP contribution in [0.3, 0.4) is 0 Å². The molecule has 7 nitrogen and oxygen atoms in total. The third-order valence-electron chi connectivity index (χ3n) is 6.98. The van der Waals surface area contributed by atoms with Crippen LogP contribution >= 0.6 is 0 Å². The number of fused-ring (bicyclic) bond motifs is 1. The Morgan fingerprint density at radius 2 is 1.86 bits per heavy atom. The van der Waals surface area contributed by atoms with Crippen LogP contribution in [0.5, 0.6) is 5.75 Å². The first-order valence-electron chi connectivity index (χ1n) is 12.2. The molecular formula is C28H30FN5O2. The zero-order valence-corrected chi connectivity index (χ0v) is 20.7. The normalized spacial score (nSPS) is 17.9. The Morgan fingerprint density at radius 3 is 2.56 bits per heavy atom. The predicted octanol–water partition coefficient (Wildman–Crippen LogP) is 4.70. The molecule has 0 unspecified atom stereocenters. The standard InChI is InChI=1S/C28H30FN5O2/c1-18-16-33(12-13-34(18)28(35)32-19(2)20-6-10-24(36-3)11-7-20)27-25-14-22(15-26(25)30-17-31-27)21-4-8-23(29)9-5-21/h4-11,14,17-19H,12-13,15-16H2,1-3H3,(H,32,35)/t18-,19+/m1/s1. The second-order valence-corrected chi connectivity index (χ2v) is 9.34. The largest absolute Gasteiger partial charge is 0.497 e. The van der Waals surface area contributed by atoms with E-state index in [4.69, 9.17) is 4.74 Å². The molecule has 0 saturated carbocycles. The van der Waals surface area contributed by atoms with Crippen molar-refractivity contribution in [2.75, 3.05) is 31.6 Å². The van der Waals surface area contributed by atoms with Crippen LogP contribution in [0.1, 0.15) is 42.3 Å². The maximum atomic E-state index is 13.4. The molecule has 1 aromatic heterocycles. The van der Waals surface area contributed by atoms with Crippen LogP contribution in [0.25, 0.3) is 11.6 Å². The third kappa shape index (κ3) is 4.76. The number of nitrogens with zero attached hydrogens (tertiary/aromatic N) is 4. The molecule has 1 aliphatic carbocycles. The van der Waals surface area contributed by atoms with Crippen LogP contribution in [0.15, 0.2) is 54.9 Å². The van der Waals surface area contributed by atoms with Gasteiger partial charge in [-0.1, -0.05) is 24.3 Å². The molecule has 3 aromatic rings. The molecule has 2 aliphatic rings.